The van der Waals surface area contributed by atoms with Crippen molar-refractivity contribution in [1.82, 2.24) is 0 Å². The number of anilines is 2. The summed E-state index contributed by atoms with van der Waals surface area (Å²) in [5.41, 5.74) is 1.79. The van der Waals surface area contributed by atoms with Crippen molar-refractivity contribution in [3.05, 3.63) is 94.6 Å². The van der Waals surface area contributed by atoms with Crippen LogP contribution in [0.5, 0.6) is 5.75 Å². The number of nitrogens with zero attached hydrogens (tertiary/aromatic N) is 1. The topological polar surface area (TPSA) is 109 Å². The summed E-state index contributed by atoms with van der Waals surface area (Å²) in [5, 5.41) is 10.9. The molecule has 0 aliphatic carbocycles. The Morgan fingerprint density at radius 2 is 1.76 bits per heavy atom. The monoisotopic (exact) mass is 519 g/mol. The van der Waals surface area contributed by atoms with Crippen LogP contribution in [0.25, 0.3) is 6.08 Å². The summed E-state index contributed by atoms with van der Waals surface area (Å²) in [6, 6.07) is 18.5. The number of rotatable bonds is 8. The highest BCUT2D eigenvalue weighted by Crippen LogP contribution is 2.36. The highest BCUT2D eigenvalue weighted by atomic mass is 32.2. The number of nitrogens with one attached hydrogen (secondary N) is 2. The zero-order valence-corrected chi connectivity index (χ0v) is 20.5. The van der Waals surface area contributed by atoms with Crippen molar-refractivity contribution in [3.63, 3.8) is 0 Å². The molecule has 0 bridgehead atoms. The molecule has 1 heterocycles. The summed E-state index contributed by atoms with van der Waals surface area (Å²) >= 11 is 0.990. The lowest BCUT2D eigenvalue weighted by atomic mass is 10.1. The van der Waals surface area contributed by atoms with Gasteiger partial charge in [-0.05, 0) is 79.4 Å². The first-order valence-electron chi connectivity index (χ1n) is 11.2. The van der Waals surface area contributed by atoms with Gasteiger partial charge in [0.1, 0.15) is 11.6 Å². The first kappa shape index (κ1) is 25.6. The fourth-order valence-electron chi connectivity index (χ4n) is 3.43. The Hall–Kier alpha value is -4.44. The van der Waals surface area contributed by atoms with Crippen molar-refractivity contribution < 1.29 is 28.2 Å². The Labute approximate surface area is 216 Å². The maximum Gasteiger partial charge on any atom is 0.338 e. The van der Waals surface area contributed by atoms with Gasteiger partial charge in [-0.15, -0.1) is 0 Å². The summed E-state index contributed by atoms with van der Waals surface area (Å²) in [4.78, 5) is 38.8. The van der Waals surface area contributed by atoms with Gasteiger partial charge in [0.15, 0.2) is 11.8 Å². The zero-order chi connectivity index (χ0) is 26.4. The lowest BCUT2D eigenvalue weighted by molar-refractivity contribution is -0.118. The molecule has 0 atom stereocenters. The van der Waals surface area contributed by atoms with Crippen molar-refractivity contribution in [2.45, 2.75) is 6.92 Å². The molecule has 1 fully saturated rings. The molecule has 0 spiro atoms. The summed E-state index contributed by atoms with van der Waals surface area (Å²) in [6.07, 6.45) is 1.60. The van der Waals surface area contributed by atoms with Crippen LogP contribution in [-0.4, -0.2) is 36.2 Å². The Morgan fingerprint density at radius 3 is 2.46 bits per heavy atom. The maximum absolute atomic E-state index is 13.1. The highest BCUT2D eigenvalue weighted by Gasteiger charge is 2.33. The van der Waals surface area contributed by atoms with Crippen LogP contribution >= 0.6 is 11.8 Å². The van der Waals surface area contributed by atoms with Crippen LogP contribution in [0.2, 0.25) is 0 Å². The molecule has 2 amide bonds. The number of carbonyl (C=O) groups is 3. The first-order valence-corrected chi connectivity index (χ1v) is 12.0. The number of hydrogen-bond acceptors (Lipinski definition) is 7. The molecule has 37 heavy (non-hydrogen) atoms. The van der Waals surface area contributed by atoms with Crippen LogP contribution in [0.15, 0.2) is 77.7 Å². The third kappa shape index (κ3) is 6.22. The molecule has 1 aliphatic heterocycles. The summed E-state index contributed by atoms with van der Waals surface area (Å²) in [5.74, 6) is -1.32. The second-order valence-corrected chi connectivity index (χ2v) is 8.74. The van der Waals surface area contributed by atoms with Crippen molar-refractivity contribution in [2.75, 3.05) is 23.4 Å². The fraction of sp³-hybridized carbons (Fsp3) is 0.111. The van der Waals surface area contributed by atoms with Crippen LogP contribution in [0, 0.1) is 11.2 Å². The molecule has 1 aliphatic rings. The zero-order valence-electron chi connectivity index (χ0n) is 19.7. The number of amidine groups is 1. The number of ether oxygens (including phenoxy) is 2. The minimum Gasteiger partial charge on any atom is -0.483 e. The molecule has 188 valence electrons. The van der Waals surface area contributed by atoms with Gasteiger partial charge < -0.3 is 14.8 Å². The summed E-state index contributed by atoms with van der Waals surface area (Å²) < 4.78 is 23.7. The molecule has 10 heteroatoms. The number of hydrogen-bond donors (Lipinski definition) is 2. The molecule has 0 unspecified atom stereocenters. The highest BCUT2D eigenvalue weighted by molar-refractivity contribution is 8.19. The van der Waals surface area contributed by atoms with E-state index in [4.69, 9.17) is 14.9 Å². The molecular formula is C27H22FN3O5S. The van der Waals surface area contributed by atoms with E-state index < -0.39 is 23.6 Å². The molecule has 4 rings (SSSR count). The summed E-state index contributed by atoms with van der Waals surface area (Å²) in [7, 11) is 0. The van der Waals surface area contributed by atoms with E-state index in [1.54, 1.807) is 61.5 Å². The van der Waals surface area contributed by atoms with Crippen molar-refractivity contribution >= 4 is 52.2 Å². The van der Waals surface area contributed by atoms with Gasteiger partial charge in [-0.3, -0.25) is 19.9 Å². The Morgan fingerprint density at radius 1 is 1.05 bits per heavy atom. The molecule has 8 nitrogen and oxygen atoms in total. The van der Waals surface area contributed by atoms with E-state index in [1.165, 1.54) is 29.2 Å². The molecule has 0 saturated carbocycles. The largest absolute Gasteiger partial charge is 0.483 e. The Balaban J connectivity index is 1.46. The maximum atomic E-state index is 13.1. The lowest BCUT2D eigenvalue weighted by Crippen LogP contribution is -2.28. The van der Waals surface area contributed by atoms with Gasteiger partial charge in [-0.25, -0.2) is 9.18 Å². The van der Waals surface area contributed by atoms with E-state index >= 15 is 0 Å². The van der Waals surface area contributed by atoms with E-state index in [0.29, 0.717) is 33.2 Å². The fourth-order valence-corrected chi connectivity index (χ4v) is 4.28. The number of amides is 2. The normalized spacial score (nSPS) is 14.1. The number of carbonyl (C=O) groups excluding carboxylic acids is 3. The molecule has 0 aromatic heterocycles. The predicted molar refractivity (Wildman–Crippen MR) is 140 cm³/mol. The molecule has 0 radical (unpaired) electrons. The number of halogens is 1. The SMILES string of the molecule is CCOC(=O)c1ccc(N2C(=N)S/C(=C\c3ccccc3OCC(=O)Nc3ccc(F)cc3)C2=O)cc1. The third-order valence-electron chi connectivity index (χ3n) is 5.15. The predicted octanol–water partition coefficient (Wildman–Crippen LogP) is 5.08. The third-order valence-corrected chi connectivity index (χ3v) is 6.04. The molecule has 3 aromatic rings. The van der Waals surface area contributed by atoms with Gasteiger partial charge in [0.25, 0.3) is 11.8 Å². The van der Waals surface area contributed by atoms with E-state index in [1.807, 2.05) is 0 Å². The molecule has 2 N–H and O–H groups in total. The quantitative estimate of drug-likeness (QED) is 0.318. The van der Waals surface area contributed by atoms with E-state index in [-0.39, 0.29) is 18.4 Å². The number of benzene rings is 3. The van der Waals surface area contributed by atoms with Crippen LogP contribution in [0.3, 0.4) is 0 Å². The minimum atomic E-state index is -0.463. The Bertz CT molecular complexity index is 1370. The van der Waals surface area contributed by atoms with Crippen LogP contribution in [0.1, 0.15) is 22.8 Å². The molecule has 3 aromatic carbocycles. The average molecular weight is 520 g/mol. The van der Waals surface area contributed by atoms with Crippen LogP contribution < -0.4 is 15.0 Å². The van der Waals surface area contributed by atoms with Crippen molar-refractivity contribution in [1.29, 1.82) is 5.41 Å². The summed E-state index contributed by atoms with van der Waals surface area (Å²) in [6.45, 7) is 1.67. The Kier molecular flexibility index (Phi) is 7.99. The molecule has 1 saturated heterocycles. The van der Waals surface area contributed by atoms with Crippen LogP contribution in [0.4, 0.5) is 15.8 Å². The van der Waals surface area contributed by atoms with Gasteiger partial charge >= 0.3 is 5.97 Å². The van der Waals surface area contributed by atoms with Crippen LogP contribution in [-0.2, 0) is 14.3 Å². The van der Waals surface area contributed by atoms with Crippen molar-refractivity contribution in [3.8, 4) is 5.75 Å². The number of esters is 1. The van der Waals surface area contributed by atoms with E-state index in [0.717, 1.165) is 11.8 Å². The van der Waals surface area contributed by atoms with Gasteiger partial charge in [0, 0.05) is 11.3 Å². The number of para-hydroxylation sites is 1. The standard InChI is InChI=1S/C27H22FN3O5S/c1-2-35-26(34)17-7-13-21(14-8-17)31-25(33)23(37-27(31)29)15-18-5-3-4-6-22(18)36-16-24(32)30-20-11-9-19(28)10-12-20/h3-15,29H,2,16H2,1H3,(H,30,32)/b23-15-,29-27?. The van der Waals surface area contributed by atoms with Gasteiger partial charge in [-0.1, -0.05) is 18.2 Å². The van der Waals surface area contributed by atoms with Gasteiger partial charge in [0.05, 0.1) is 22.8 Å². The minimum absolute atomic E-state index is 0.0113. The second-order valence-electron chi connectivity index (χ2n) is 7.71. The molecular weight excluding hydrogens is 497 g/mol. The van der Waals surface area contributed by atoms with E-state index in [2.05, 4.69) is 5.32 Å². The van der Waals surface area contributed by atoms with Gasteiger partial charge in [0.2, 0.25) is 0 Å². The van der Waals surface area contributed by atoms with Gasteiger partial charge in [-0.2, -0.15) is 0 Å². The average Bonchev–Trinajstić information content (AvgIpc) is 3.17. The lowest BCUT2D eigenvalue weighted by Gasteiger charge is -2.14. The number of thioether (sulfide) groups is 1. The van der Waals surface area contributed by atoms with Crippen molar-refractivity contribution in [2.24, 2.45) is 0 Å². The first-order chi connectivity index (χ1) is 17.9. The second kappa shape index (κ2) is 11.5. The van der Waals surface area contributed by atoms with E-state index in [9.17, 15) is 18.8 Å². The smallest absolute Gasteiger partial charge is 0.338 e.